The third-order valence-corrected chi connectivity index (χ3v) is 5.08. The van der Waals surface area contributed by atoms with Crippen LogP contribution < -0.4 is 0 Å². The number of carbonyl (C=O) groups excluding carboxylic acids is 1. The summed E-state index contributed by atoms with van der Waals surface area (Å²) in [7, 11) is -3.33. The fraction of sp³-hybridized carbons (Fsp3) is 0.600. The Kier molecular flexibility index (Phi) is 3.92. The number of carboxylic acids is 1. The molecule has 0 radical (unpaired) electrons. The molecule has 1 rings (SSSR count). The monoisotopic (exact) mass is 261 g/mol. The van der Waals surface area contributed by atoms with Gasteiger partial charge in [-0.1, -0.05) is 13.5 Å². The van der Waals surface area contributed by atoms with Crippen LogP contribution in [-0.2, 0) is 19.4 Å². The highest BCUT2D eigenvalue weighted by atomic mass is 32.2. The quantitative estimate of drug-likeness (QED) is 0.699. The first-order valence-corrected chi connectivity index (χ1v) is 6.92. The maximum Gasteiger partial charge on any atom is 0.326 e. The van der Waals surface area contributed by atoms with Crippen LogP contribution in [-0.4, -0.2) is 53.9 Å². The van der Waals surface area contributed by atoms with Crippen LogP contribution >= 0.6 is 0 Å². The molecule has 0 bridgehead atoms. The molecule has 1 saturated heterocycles. The molecule has 1 aliphatic rings. The van der Waals surface area contributed by atoms with E-state index in [0.29, 0.717) is 0 Å². The minimum atomic E-state index is -3.33. The van der Waals surface area contributed by atoms with Gasteiger partial charge in [0.15, 0.2) is 9.84 Å². The lowest BCUT2D eigenvalue weighted by Crippen LogP contribution is -2.39. The summed E-state index contributed by atoms with van der Waals surface area (Å²) in [4.78, 5) is 23.5. The Morgan fingerprint density at radius 2 is 2.12 bits per heavy atom. The van der Waals surface area contributed by atoms with Crippen LogP contribution in [0.1, 0.15) is 13.3 Å². The zero-order valence-corrected chi connectivity index (χ0v) is 10.3. The van der Waals surface area contributed by atoms with E-state index in [0.717, 1.165) is 11.0 Å². The van der Waals surface area contributed by atoms with Crippen LogP contribution in [0.25, 0.3) is 0 Å². The van der Waals surface area contributed by atoms with Crippen molar-refractivity contribution in [3.63, 3.8) is 0 Å². The molecule has 0 aliphatic carbocycles. The lowest BCUT2D eigenvalue weighted by Gasteiger charge is -2.19. The summed E-state index contributed by atoms with van der Waals surface area (Å²) < 4.78 is 23.3. The van der Waals surface area contributed by atoms with E-state index < -0.39 is 33.0 Å². The first-order valence-electron chi connectivity index (χ1n) is 5.21. The lowest BCUT2D eigenvalue weighted by molar-refractivity contribution is -0.146. The fourth-order valence-electron chi connectivity index (χ4n) is 1.89. The number of amides is 1. The average Bonchev–Trinajstić information content (AvgIpc) is 2.73. The molecule has 0 spiro atoms. The smallest absolute Gasteiger partial charge is 0.326 e. The molecule has 17 heavy (non-hydrogen) atoms. The standard InChI is InChI=1S/C10H15NO5S/c1-3-9(12)11-6-7(17(15,16)4-2)5-8(11)10(13)14/h3,7-8H,1,4-6H2,2H3,(H,13,14). The number of sulfone groups is 1. The predicted molar refractivity (Wildman–Crippen MR) is 61.2 cm³/mol. The van der Waals surface area contributed by atoms with Gasteiger partial charge >= 0.3 is 5.97 Å². The van der Waals surface area contributed by atoms with Gasteiger partial charge in [0.05, 0.1) is 5.25 Å². The largest absolute Gasteiger partial charge is 0.480 e. The normalized spacial score (nSPS) is 24.6. The molecule has 2 atom stereocenters. The summed E-state index contributed by atoms with van der Waals surface area (Å²) in [5.41, 5.74) is 0. The maximum atomic E-state index is 11.7. The number of rotatable bonds is 4. The van der Waals surface area contributed by atoms with Crippen molar-refractivity contribution in [2.24, 2.45) is 0 Å². The molecule has 0 aromatic heterocycles. The molecular formula is C10H15NO5S. The summed E-state index contributed by atoms with van der Waals surface area (Å²) in [5, 5.41) is 8.17. The van der Waals surface area contributed by atoms with Crippen LogP contribution in [0.5, 0.6) is 0 Å². The van der Waals surface area contributed by atoms with Gasteiger partial charge in [0.2, 0.25) is 5.91 Å². The Labute approximate surface area is 99.8 Å². The second-order valence-corrected chi connectivity index (χ2v) is 6.43. The Morgan fingerprint density at radius 3 is 2.53 bits per heavy atom. The van der Waals surface area contributed by atoms with E-state index in [-0.39, 0.29) is 18.7 Å². The zero-order valence-electron chi connectivity index (χ0n) is 9.50. The predicted octanol–water partition coefficient (Wildman–Crippen LogP) is -0.339. The van der Waals surface area contributed by atoms with Crippen molar-refractivity contribution in [1.82, 2.24) is 4.90 Å². The molecule has 96 valence electrons. The van der Waals surface area contributed by atoms with Crippen molar-refractivity contribution in [3.05, 3.63) is 12.7 Å². The van der Waals surface area contributed by atoms with Gasteiger partial charge < -0.3 is 10.0 Å². The minimum Gasteiger partial charge on any atom is -0.480 e. The summed E-state index contributed by atoms with van der Waals surface area (Å²) >= 11 is 0. The van der Waals surface area contributed by atoms with Gasteiger partial charge in [-0.3, -0.25) is 4.79 Å². The molecule has 0 saturated carbocycles. The molecule has 1 amide bonds. The average molecular weight is 261 g/mol. The number of hydrogen-bond acceptors (Lipinski definition) is 4. The Balaban J connectivity index is 2.98. The van der Waals surface area contributed by atoms with E-state index in [4.69, 9.17) is 5.11 Å². The van der Waals surface area contributed by atoms with Crippen molar-refractivity contribution >= 4 is 21.7 Å². The van der Waals surface area contributed by atoms with Gasteiger partial charge in [0.25, 0.3) is 0 Å². The van der Waals surface area contributed by atoms with Crippen LogP contribution in [0.4, 0.5) is 0 Å². The summed E-state index contributed by atoms with van der Waals surface area (Å²) in [6.45, 7) is 4.70. The topological polar surface area (TPSA) is 91.8 Å². The maximum absolute atomic E-state index is 11.7. The molecule has 1 heterocycles. The van der Waals surface area contributed by atoms with Crippen LogP contribution in [0.15, 0.2) is 12.7 Å². The van der Waals surface area contributed by atoms with E-state index in [9.17, 15) is 18.0 Å². The Morgan fingerprint density at radius 1 is 1.53 bits per heavy atom. The van der Waals surface area contributed by atoms with Crippen molar-refractivity contribution in [3.8, 4) is 0 Å². The molecule has 1 N–H and O–H groups in total. The Hall–Kier alpha value is -1.37. The number of nitrogens with zero attached hydrogens (tertiary/aromatic N) is 1. The zero-order chi connectivity index (χ0) is 13.2. The summed E-state index contributed by atoms with van der Waals surface area (Å²) in [6, 6.07) is -1.08. The second kappa shape index (κ2) is 4.87. The Bertz CT molecular complexity index is 442. The molecule has 2 unspecified atom stereocenters. The molecule has 7 heteroatoms. The van der Waals surface area contributed by atoms with Crippen molar-refractivity contribution in [2.45, 2.75) is 24.6 Å². The highest BCUT2D eigenvalue weighted by Crippen LogP contribution is 2.24. The van der Waals surface area contributed by atoms with Gasteiger partial charge in [-0.05, 0) is 12.5 Å². The third-order valence-electron chi connectivity index (χ3n) is 2.92. The molecule has 1 fully saturated rings. The first kappa shape index (κ1) is 13.7. The van der Waals surface area contributed by atoms with Gasteiger partial charge in [-0.15, -0.1) is 0 Å². The molecule has 0 aromatic carbocycles. The van der Waals surface area contributed by atoms with Gasteiger partial charge in [0.1, 0.15) is 6.04 Å². The van der Waals surface area contributed by atoms with Crippen LogP contribution in [0.2, 0.25) is 0 Å². The number of aliphatic carboxylic acids is 1. The van der Waals surface area contributed by atoms with Gasteiger partial charge in [-0.2, -0.15) is 0 Å². The lowest BCUT2D eigenvalue weighted by atomic mass is 10.2. The first-order chi connectivity index (χ1) is 7.83. The SMILES string of the molecule is C=CC(=O)N1CC(S(=O)(=O)CC)CC1C(=O)O. The van der Waals surface area contributed by atoms with Gasteiger partial charge in [-0.25, -0.2) is 13.2 Å². The molecule has 6 nitrogen and oxygen atoms in total. The number of carboxylic acid groups (broad SMARTS) is 1. The molecule has 0 aromatic rings. The van der Waals surface area contributed by atoms with E-state index in [1.165, 1.54) is 6.92 Å². The van der Waals surface area contributed by atoms with E-state index in [2.05, 4.69) is 6.58 Å². The number of likely N-dealkylation sites (tertiary alicyclic amines) is 1. The third kappa shape index (κ3) is 2.66. The number of carbonyl (C=O) groups is 2. The molecular weight excluding hydrogens is 246 g/mol. The van der Waals surface area contributed by atoms with Crippen molar-refractivity contribution < 1.29 is 23.1 Å². The highest BCUT2D eigenvalue weighted by molar-refractivity contribution is 7.92. The second-order valence-electron chi connectivity index (χ2n) is 3.86. The highest BCUT2D eigenvalue weighted by Gasteiger charge is 2.43. The minimum absolute atomic E-state index is 0.0505. The summed E-state index contributed by atoms with van der Waals surface area (Å²) in [6.07, 6.45) is 0.946. The van der Waals surface area contributed by atoms with Gasteiger partial charge in [0, 0.05) is 12.3 Å². The van der Waals surface area contributed by atoms with E-state index in [1.807, 2.05) is 0 Å². The van der Waals surface area contributed by atoms with Crippen molar-refractivity contribution in [1.29, 1.82) is 0 Å². The van der Waals surface area contributed by atoms with E-state index in [1.54, 1.807) is 0 Å². The fourth-order valence-corrected chi connectivity index (χ4v) is 3.22. The van der Waals surface area contributed by atoms with Crippen LogP contribution in [0.3, 0.4) is 0 Å². The van der Waals surface area contributed by atoms with Crippen LogP contribution in [0, 0.1) is 0 Å². The van der Waals surface area contributed by atoms with E-state index >= 15 is 0 Å². The molecule has 1 aliphatic heterocycles. The number of hydrogen-bond donors (Lipinski definition) is 1. The van der Waals surface area contributed by atoms with Crippen molar-refractivity contribution in [2.75, 3.05) is 12.3 Å². The summed E-state index contributed by atoms with van der Waals surface area (Å²) in [5.74, 6) is -1.79.